The lowest BCUT2D eigenvalue weighted by Gasteiger charge is -2.23. The topological polar surface area (TPSA) is 48.1 Å². The molecule has 1 aromatic heterocycles. The van der Waals surface area contributed by atoms with E-state index in [2.05, 4.69) is 4.98 Å². The van der Waals surface area contributed by atoms with Crippen LogP contribution in [0.25, 0.3) is 0 Å². The molecule has 0 radical (unpaired) electrons. The zero-order valence-electron chi connectivity index (χ0n) is 11.0. The van der Waals surface area contributed by atoms with Crippen LogP contribution >= 0.6 is 0 Å². The van der Waals surface area contributed by atoms with Gasteiger partial charge >= 0.3 is 0 Å². The van der Waals surface area contributed by atoms with Gasteiger partial charge in [0.25, 0.3) is 0 Å². The Hall–Kier alpha value is -1.16. The molecule has 1 unspecified atom stereocenters. The number of halogens is 1. The van der Waals surface area contributed by atoms with E-state index in [1.54, 1.807) is 20.2 Å². The average molecular weight is 240 g/mol. The van der Waals surface area contributed by atoms with Crippen LogP contribution in [0, 0.1) is 13.8 Å². The molecule has 0 fully saturated rings. The lowest BCUT2D eigenvalue weighted by atomic mass is 9.94. The Balaban J connectivity index is 3.08. The SMILES string of the molecule is CCC(F)(CN)Cc1ncc(C)c(OC)c1C. The molecule has 1 atom stereocenters. The second-order valence-corrected chi connectivity index (χ2v) is 4.43. The van der Waals surface area contributed by atoms with E-state index < -0.39 is 5.67 Å². The fourth-order valence-corrected chi connectivity index (χ4v) is 1.89. The zero-order chi connectivity index (χ0) is 13.1. The van der Waals surface area contributed by atoms with E-state index in [9.17, 15) is 4.39 Å². The van der Waals surface area contributed by atoms with Gasteiger partial charge in [-0.1, -0.05) is 6.92 Å². The standard InChI is InChI=1S/C13H21FN2O/c1-5-13(14,8-15)6-11-10(3)12(17-4)9(2)7-16-11/h7H,5-6,8,15H2,1-4H3. The van der Waals surface area contributed by atoms with E-state index in [1.165, 1.54) is 0 Å². The maximum Gasteiger partial charge on any atom is 0.128 e. The minimum Gasteiger partial charge on any atom is -0.496 e. The molecule has 0 saturated carbocycles. The van der Waals surface area contributed by atoms with E-state index >= 15 is 0 Å². The van der Waals surface area contributed by atoms with Gasteiger partial charge < -0.3 is 10.5 Å². The summed E-state index contributed by atoms with van der Waals surface area (Å²) in [6.45, 7) is 5.64. The molecule has 0 spiro atoms. The molecular weight excluding hydrogens is 219 g/mol. The van der Waals surface area contributed by atoms with E-state index in [1.807, 2.05) is 13.8 Å². The van der Waals surface area contributed by atoms with Crippen molar-refractivity contribution in [3.05, 3.63) is 23.0 Å². The van der Waals surface area contributed by atoms with Crippen molar-refractivity contribution in [1.29, 1.82) is 0 Å². The number of rotatable bonds is 5. The zero-order valence-corrected chi connectivity index (χ0v) is 11.0. The number of nitrogens with two attached hydrogens (primary N) is 1. The Bertz CT molecular complexity index is 389. The number of aryl methyl sites for hydroxylation is 1. The van der Waals surface area contributed by atoms with Gasteiger partial charge in [0, 0.05) is 30.3 Å². The molecule has 0 saturated heterocycles. The van der Waals surface area contributed by atoms with Crippen LogP contribution in [0.1, 0.15) is 30.2 Å². The van der Waals surface area contributed by atoms with Gasteiger partial charge in [-0.15, -0.1) is 0 Å². The van der Waals surface area contributed by atoms with Gasteiger partial charge in [-0.3, -0.25) is 4.98 Å². The molecule has 0 bridgehead atoms. The summed E-state index contributed by atoms with van der Waals surface area (Å²) in [5, 5.41) is 0. The Morgan fingerprint density at radius 1 is 1.47 bits per heavy atom. The predicted molar refractivity (Wildman–Crippen MR) is 67.2 cm³/mol. The van der Waals surface area contributed by atoms with Crippen molar-refractivity contribution in [1.82, 2.24) is 4.98 Å². The molecule has 4 heteroatoms. The van der Waals surface area contributed by atoms with Crippen molar-refractivity contribution in [3.63, 3.8) is 0 Å². The molecule has 0 amide bonds. The number of nitrogens with zero attached hydrogens (tertiary/aromatic N) is 1. The van der Waals surface area contributed by atoms with Crippen LogP contribution in [0.15, 0.2) is 6.20 Å². The second-order valence-electron chi connectivity index (χ2n) is 4.43. The van der Waals surface area contributed by atoms with Gasteiger partial charge in [-0.25, -0.2) is 4.39 Å². The number of alkyl halides is 1. The first-order valence-electron chi connectivity index (χ1n) is 5.85. The van der Waals surface area contributed by atoms with Crippen molar-refractivity contribution >= 4 is 0 Å². The highest BCUT2D eigenvalue weighted by molar-refractivity contribution is 5.41. The summed E-state index contributed by atoms with van der Waals surface area (Å²) in [6, 6.07) is 0. The van der Waals surface area contributed by atoms with E-state index in [0.717, 1.165) is 22.6 Å². The van der Waals surface area contributed by atoms with Gasteiger partial charge in [-0.05, 0) is 20.3 Å². The van der Waals surface area contributed by atoms with Gasteiger partial charge in [-0.2, -0.15) is 0 Å². The van der Waals surface area contributed by atoms with E-state index in [4.69, 9.17) is 10.5 Å². The van der Waals surface area contributed by atoms with Gasteiger partial charge in [0.15, 0.2) is 0 Å². The largest absolute Gasteiger partial charge is 0.496 e. The number of pyridine rings is 1. The molecular formula is C13H21FN2O. The first-order chi connectivity index (χ1) is 7.97. The van der Waals surface area contributed by atoms with Gasteiger partial charge in [0.05, 0.1) is 12.8 Å². The third-order valence-corrected chi connectivity index (χ3v) is 3.23. The minimum atomic E-state index is -1.38. The van der Waals surface area contributed by atoms with Crippen LogP contribution in [-0.4, -0.2) is 24.3 Å². The Kier molecular flexibility index (Phi) is 4.46. The first kappa shape index (κ1) is 13.9. The maximum atomic E-state index is 14.2. The van der Waals surface area contributed by atoms with Crippen LogP contribution in [0.5, 0.6) is 5.75 Å². The van der Waals surface area contributed by atoms with Crippen LogP contribution in [-0.2, 0) is 6.42 Å². The van der Waals surface area contributed by atoms with Crippen molar-refractivity contribution in [2.75, 3.05) is 13.7 Å². The third kappa shape index (κ3) is 2.94. The van der Waals surface area contributed by atoms with Crippen LogP contribution < -0.4 is 10.5 Å². The highest BCUT2D eigenvalue weighted by atomic mass is 19.1. The number of aromatic nitrogens is 1. The smallest absolute Gasteiger partial charge is 0.128 e. The van der Waals surface area contributed by atoms with Gasteiger partial charge in [0.1, 0.15) is 11.4 Å². The molecule has 0 aliphatic heterocycles. The summed E-state index contributed by atoms with van der Waals surface area (Å²) in [6.07, 6.45) is 2.34. The summed E-state index contributed by atoms with van der Waals surface area (Å²) in [4.78, 5) is 4.29. The van der Waals surface area contributed by atoms with Crippen LogP contribution in [0.3, 0.4) is 0 Å². The minimum absolute atomic E-state index is 0.0147. The highest BCUT2D eigenvalue weighted by Crippen LogP contribution is 2.28. The van der Waals surface area contributed by atoms with Crippen LogP contribution in [0.4, 0.5) is 4.39 Å². The number of methoxy groups -OCH3 is 1. The molecule has 17 heavy (non-hydrogen) atoms. The summed E-state index contributed by atoms with van der Waals surface area (Å²) < 4.78 is 19.6. The highest BCUT2D eigenvalue weighted by Gasteiger charge is 2.28. The lowest BCUT2D eigenvalue weighted by molar-refractivity contribution is 0.165. The van der Waals surface area contributed by atoms with Crippen molar-refractivity contribution < 1.29 is 9.13 Å². The third-order valence-electron chi connectivity index (χ3n) is 3.23. The molecule has 1 aromatic rings. The molecule has 1 rings (SSSR count). The monoisotopic (exact) mass is 240 g/mol. The molecule has 3 nitrogen and oxygen atoms in total. The van der Waals surface area contributed by atoms with Crippen molar-refractivity contribution in [3.8, 4) is 5.75 Å². The summed E-state index contributed by atoms with van der Waals surface area (Å²) in [7, 11) is 1.62. The first-order valence-corrected chi connectivity index (χ1v) is 5.85. The Labute approximate surface area is 102 Å². The Morgan fingerprint density at radius 2 is 2.12 bits per heavy atom. The summed E-state index contributed by atoms with van der Waals surface area (Å²) in [5.74, 6) is 0.783. The number of hydrogen-bond acceptors (Lipinski definition) is 3. The maximum absolute atomic E-state index is 14.2. The average Bonchev–Trinajstić information content (AvgIpc) is 2.33. The lowest BCUT2D eigenvalue weighted by Crippen LogP contribution is -2.35. The van der Waals surface area contributed by atoms with Gasteiger partial charge in [0.2, 0.25) is 0 Å². The predicted octanol–water partition coefficient (Wildman–Crippen LogP) is 2.33. The molecule has 96 valence electrons. The molecule has 1 heterocycles. The van der Waals surface area contributed by atoms with E-state index in [-0.39, 0.29) is 13.0 Å². The molecule has 0 aliphatic carbocycles. The Morgan fingerprint density at radius 3 is 2.59 bits per heavy atom. The summed E-state index contributed by atoms with van der Waals surface area (Å²) >= 11 is 0. The normalized spacial score (nSPS) is 14.5. The van der Waals surface area contributed by atoms with E-state index in [0.29, 0.717) is 6.42 Å². The quantitative estimate of drug-likeness (QED) is 0.859. The number of hydrogen-bond donors (Lipinski definition) is 1. The fraction of sp³-hybridized carbons (Fsp3) is 0.615. The number of ether oxygens (including phenoxy) is 1. The fourth-order valence-electron chi connectivity index (χ4n) is 1.89. The van der Waals surface area contributed by atoms with Crippen LogP contribution in [0.2, 0.25) is 0 Å². The van der Waals surface area contributed by atoms with Crippen molar-refractivity contribution in [2.45, 2.75) is 39.3 Å². The molecule has 0 aromatic carbocycles. The van der Waals surface area contributed by atoms with Crippen molar-refractivity contribution in [2.24, 2.45) is 5.73 Å². The summed E-state index contributed by atoms with van der Waals surface area (Å²) in [5.41, 5.74) is 6.69. The molecule has 2 N–H and O–H groups in total. The molecule has 0 aliphatic rings. The second kappa shape index (κ2) is 5.45.